The van der Waals surface area contributed by atoms with Gasteiger partial charge in [-0.05, 0) is 32.4 Å². The Morgan fingerprint density at radius 3 is 2.35 bits per heavy atom. The maximum atomic E-state index is 12.3. The van der Waals surface area contributed by atoms with E-state index in [1.807, 2.05) is 7.05 Å². The summed E-state index contributed by atoms with van der Waals surface area (Å²) in [5.74, 6) is 0. The number of nitrogens with one attached hydrogen (secondary N) is 1. The van der Waals surface area contributed by atoms with Crippen LogP contribution in [-0.2, 0) is 4.74 Å². The van der Waals surface area contributed by atoms with Gasteiger partial charge in [0.25, 0.3) is 0 Å². The molecule has 0 bridgehead atoms. The van der Waals surface area contributed by atoms with Crippen LogP contribution in [0.3, 0.4) is 0 Å². The normalized spacial score (nSPS) is 20.8. The topological polar surface area (TPSA) is 24.5 Å². The van der Waals surface area contributed by atoms with Crippen molar-refractivity contribution in [3.05, 3.63) is 0 Å². The van der Waals surface area contributed by atoms with Gasteiger partial charge >= 0.3 is 6.18 Å². The molecule has 0 amide bonds. The van der Waals surface area contributed by atoms with Crippen molar-refractivity contribution in [1.29, 1.82) is 0 Å². The van der Waals surface area contributed by atoms with Crippen molar-refractivity contribution in [3.8, 4) is 0 Å². The fourth-order valence-corrected chi connectivity index (χ4v) is 2.50. The molecule has 1 N–H and O–H groups in total. The first-order valence-electron chi connectivity index (χ1n) is 5.85. The molecule has 1 aliphatic rings. The van der Waals surface area contributed by atoms with E-state index >= 15 is 0 Å². The van der Waals surface area contributed by atoms with Crippen LogP contribution in [0.5, 0.6) is 0 Å². The maximum absolute atomic E-state index is 12.3. The highest BCUT2D eigenvalue weighted by atomic mass is 19.4. The predicted octanol–water partition coefficient (Wildman–Crippen LogP) is 1.50. The molecule has 17 heavy (non-hydrogen) atoms. The van der Waals surface area contributed by atoms with Gasteiger partial charge in [-0.1, -0.05) is 0 Å². The second-order valence-electron chi connectivity index (χ2n) is 4.93. The van der Waals surface area contributed by atoms with Crippen LogP contribution in [0, 0.1) is 5.41 Å². The lowest BCUT2D eigenvalue weighted by Crippen LogP contribution is -2.47. The van der Waals surface area contributed by atoms with Gasteiger partial charge in [-0.2, -0.15) is 13.2 Å². The molecule has 0 aromatic heterocycles. The fourth-order valence-electron chi connectivity index (χ4n) is 2.50. The maximum Gasteiger partial charge on any atom is 0.401 e. The highest BCUT2D eigenvalue weighted by Crippen LogP contribution is 2.31. The Labute approximate surface area is 100 Å². The fraction of sp³-hybridized carbons (Fsp3) is 1.00. The van der Waals surface area contributed by atoms with Gasteiger partial charge in [0.1, 0.15) is 0 Å². The first-order chi connectivity index (χ1) is 7.87. The van der Waals surface area contributed by atoms with Gasteiger partial charge in [0.05, 0.1) is 6.54 Å². The largest absolute Gasteiger partial charge is 0.401 e. The van der Waals surface area contributed by atoms with Crippen LogP contribution in [-0.4, -0.2) is 58.0 Å². The average molecular weight is 254 g/mol. The third-order valence-corrected chi connectivity index (χ3v) is 3.16. The van der Waals surface area contributed by atoms with Gasteiger partial charge < -0.3 is 10.1 Å². The van der Waals surface area contributed by atoms with Crippen LogP contribution in [0.1, 0.15) is 12.8 Å². The first-order valence-corrected chi connectivity index (χ1v) is 5.85. The molecule has 1 aliphatic heterocycles. The van der Waals surface area contributed by atoms with E-state index in [4.69, 9.17) is 4.74 Å². The summed E-state index contributed by atoms with van der Waals surface area (Å²) in [4.78, 5) is 1.36. The molecule has 102 valence electrons. The molecule has 0 aromatic rings. The van der Waals surface area contributed by atoms with E-state index in [2.05, 4.69) is 5.32 Å². The van der Waals surface area contributed by atoms with Crippen molar-refractivity contribution in [1.82, 2.24) is 10.2 Å². The number of ether oxygens (including phenoxy) is 1. The Balaban J connectivity index is 2.53. The first kappa shape index (κ1) is 14.7. The molecule has 0 spiro atoms. The summed E-state index contributed by atoms with van der Waals surface area (Å²) in [6.45, 7) is 1.62. The molecule has 0 radical (unpaired) electrons. The summed E-state index contributed by atoms with van der Waals surface area (Å²) in [6, 6.07) is 0. The summed E-state index contributed by atoms with van der Waals surface area (Å²) < 4.78 is 42.2. The molecule has 0 aromatic carbocycles. The second-order valence-corrected chi connectivity index (χ2v) is 4.93. The van der Waals surface area contributed by atoms with Crippen molar-refractivity contribution in [2.24, 2.45) is 5.41 Å². The van der Waals surface area contributed by atoms with Gasteiger partial charge in [-0.15, -0.1) is 0 Å². The number of alkyl halides is 3. The Bertz CT molecular complexity index is 222. The SMILES string of the molecule is CNCC1(CN(C)CC(F)(F)F)CCOCC1. The van der Waals surface area contributed by atoms with Crippen LogP contribution in [0.2, 0.25) is 0 Å². The quantitative estimate of drug-likeness (QED) is 0.804. The van der Waals surface area contributed by atoms with Crippen molar-refractivity contribution < 1.29 is 17.9 Å². The molecular formula is C11H21F3N2O. The van der Waals surface area contributed by atoms with Gasteiger partial charge in [-0.3, -0.25) is 4.90 Å². The van der Waals surface area contributed by atoms with Crippen molar-refractivity contribution in [2.45, 2.75) is 19.0 Å². The lowest BCUT2D eigenvalue weighted by Gasteiger charge is -2.40. The smallest absolute Gasteiger partial charge is 0.381 e. The summed E-state index contributed by atoms with van der Waals surface area (Å²) in [5, 5.41) is 3.08. The second kappa shape index (κ2) is 6.02. The van der Waals surface area contributed by atoms with E-state index < -0.39 is 12.7 Å². The zero-order valence-corrected chi connectivity index (χ0v) is 10.4. The monoisotopic (exact) mass is 254 g/mol. The molecule has 1 saturated heterocycles. The third kappa shape index (κ3) is 5.23. The minimum atomic E-state index is -4.12. The Hall–Kier alpha value is -0.330. The van der Waals surface area contributed by atoms with E-state index in [1.54, 1.807) is 0 Å². The molecule has 0 aliphatic carbocycles. The number of hydrogen-bond donors (Lipinski definition) is 1. The minimum Gasteiger partial charge on any atom is -0.381 e. The van der Waals surface area contributed by atoms with Crippen molar-refractivity contribution in [2.75, 3.05) is 46.9 Å². The summed E-state index contributed by atoms with van der Waals surface area (Å²) >= 11 is 0. The number of hydrogen-bond acceptors (Lipinski definition) is 3. The predicted molar refractivity (Wildman–Crippen MR) is 60.0 cm³/mol. The van der Waals surface area contributed by atoms with Crippen LogP contribution in [0.25, 0.3) is 0 Å². The minimum absolute atomic E-state index is 0.0903. The number of nitrogens with zero attached hydrogens (tertiary/aromatic N) is 1. The molecule has 1 heterocycles. The Morgan fingerprint density at radius 2 is 1.88 bits per heavy atom. The number of halogens is 3. The third-order valence-electron chi connectivity index (χ3n) is 3.16. The van der Waals surface area contributed by atoms with E-state index in [9.17, 15) is 13.2 Å². The molecule has 1 fully saturated rings. The Kier molecular flexibility index (Phi) is 5.22. The van der Waals surface area contributed by atoms with Crippen LogP contribution in [0.4, 0.5) is 13.2 Å². The Morgan fingerprint density at radius 1 is 1.29 bits per heavy atom. The summed E-state index contributed by atoms with van der Waals surface area (Å²) in [5.41, 5.74) is -0.0903. The van der Waals surface area contributed by atoms with Gasteiger partial charge in [0, 0.05) is 26.3 Å². The van der Waals surface area contributed by atoms with E-state index in [-0.39, 0.29) is 5.41 Å². The molecular weight excluding hydrogens is 233 g/mol. The highest BCUT2D eigenvalue weighted by molar-refractivity contribution is 4.86. The van der Waals surface area contributed by atoms with Gasteiger partial charge in [0.2, 0.25) is 0 Å². The molecule has 0 unspecified atom stereocenters. The lowest BCUT2D eigenvalue weighted by atomic mass is 9.79. The number of rotatable bonds is 5. The van der Waals surface area contributed by atoms with Crippen LogP contribution in [0.15, 0.2) is 0 Å². The van der Waals surface area contributed by atoms with E-state index in [0.29, 0.717) is 19.8 Å². The summed E-state index contributed by atoms with van der Waals surface area (Å²) in [6.07, 6.45) is -2.49. The van der Waals surface area contributed by atoms with Crippen molar-refractivity contribution >= 4 is 0 Å². The molecule has 1 rings (SSSR count). The van der Waals surface area contributed by atoms with Crippen molar-refractivity contribution in [3.63, 3.8) is 0 Å². The molecule has 0 saturated carbocycles. The molecule has 6 heteroatoms. The lowest BCUT2D eigenvalue weighted by molar-refractivity contribution is -0.147. The van der Waals surface area contributed by atoms with Crippen LogP contribution >= 0.6 is 0 Å². The van der Waals surface area contributed by atoms with E-state index in [0.717, 1.165) is 19.4 Å². The zero-order valence-electron chi connectivity index (χ0n) is 10.4. The standard InChI is InChI=1S/C11H21F3N2O/c1-15-7-10(3-5-17-6-4-10)8-16(2)9-11(12,13)14/h15H,3-9H2,1-2H3. The molecule has 3 nitrogen and oxygen atoms in total. The van der Waals surface area contributed by atoms with Gasteiger partial charge in [-0.25, -0.2) is 0 Å². The average Bonchev–Trinajstić information content (AvgIpc) is 2.15. The highest BCUT2D eigenvalue weighted by Gasteiger charge is 2.36. The van der Waals surface area contributed by atoms with E-state index in [1.165, 1.54) is 11.9 Å². The molecule has 0 atom stereocenters. The zero-order chi connectivity index (χ0) is 12.9. The van der Waals surface area contributed by atoms with Crippen LogP contribution < -0.4 is 5.32 Å². The van der Waals surface area contributed by atoms with Gasteiger partial charge in [0.15, 0.2) is 0 Å². The summed E-state index contributed by atoms with van der Waals surface area (Å²) in [7, 11) is 3.36.